The zero-order valence-corrected chi connectivity index (χ0v) is 14.4. The van der Waals surface area contributed by atoms with Gasteiger partial charge in [-0.25, -0.2) is 9.59 Å². The van der Waals surface area contributed by atoms with E-state index in [1.165, 1.54) is 4.90 Å². The average molecular weight is 325 g/mol. The molecule has 0 saturated carbocycles. The van der Waals surface area contributed by atoms with Gasteiger partial charge in [-0.1, -0.05) is 0 Å². The predicted octanol–water partition coefficient (Wildman–Crippen LogP) is -0.0901. The number of nitrogens with zero attached hydrogens (tertiary/aromatic N) is 3. The van der Waals surface area contributed by atoms with Crippen LogP contribution in [0.5, 0.6) is 0 Å². The first-order valence-corrected chi connectivity index (χ1v) is 8.01. The Morgan fingerprint density at radius 3 is 2.35 bits per heavy atom. The minimum Gasteiger partial charge on any atom is -0.355 e. The fourth-order valence-electron chi connectivity index (χ4n) is 3.19. The second-order valence-corrected chi connectivity index (χ2v) is 7.08. The molecule has 2 aliphatic heterocycles. The molecule has 8 heteroatoms. The van der Waals surface area contributed by atoms with Crippen molar-refractivity contribution >= 4 is 18.0 Å². The lowest BCUT2D eigenvalue weighted by atomic mass is 9.86. The Kier molecular flexibility index (Phi) is 5.01. The Morgan fingerprint density at radius 2 is 1.83 bits per heavy atom. The van der Waals surface area contributed by atoms with E-state index in [1.807, 2.05) is 13.8 Å². The summed E-state index contributed by atoms with van der Waals surface area (Å²) in [6.07, 6.45) is 0.343. The van der Waals surface area contributed by atoms with Gasteiger partial charge in [0.05, 0.1) is 0 Å². The molecule has 23 heavy (non-hydrogen) atoms. The standard InChI is InChI=1S/C15H27N5O3/c1-11(2)17-13(22)19-5-6-20(14(23)18(3)4)10-15(9-19)7-12(21)16-8-15/h11H,5-10H2,1-4H3,(H,16,21)(H,17,22). The Labute approximate surface area is 137 Å². The number of hydrogen-bond donors (Lipinski definition) is 2. The van der Waals surface area contributed by atoms with Crippen LogP contribution in [0.2, 0.25) is 0 Å². The van der Waals surface area contributed by atoms with Gasteiger partial charge in [0, 0.05) is 64.7 Å². The number of urea groups is 2. The van der Waals surface area contributed by atoms with Crippen LogP contribution in [0.1, 0.15) is 20.3 Å². The topological polar surface area (TPSA) is 85.0 Å². The highest BCUT2D eigenvalue weighted by Crippen LogP contribution is 2.31. The van der Waals surface area contributed by atoms with Crippen LogP contribution in [0.3, 0.4) is 0 Å². The van der Waals surface area contributed by atoms with Crippen LogP contribution in [-0.4, -0.2) is 85.5 Å². The maximum Gasteiger partial charge on any atom is 0.319 e. The molecule has 2 saturated heterocycles. The zero-order valence-electron chi connectivity index (χ0n) is 14.4. The fourth-order valence-corrected chi connectivity index (χ4v) is 3.19. The van der Waals surface area contributed by atoms with Crippen molar-refractivity contribution in [2.45, 2.75) is 26.3 Å². The highest BCUT2D eigenvalue weighted by Gasteiger charge is 2.45. The molecule has 2 N–H and O–H groups in total. The molecule has 1 unspecified atom stereocenters. The molecule has 0 radical (unpaired) electrons. The van der Waals surface area contributed by atoms with Gasteiger partial charge in [0.25, 0.3) is 0 Å². The molecular weight excluding hydrogens is 298 g/mol. The molecule has 0 aromatic rings. The molecule has 2 fully saturated rings. The van der Waals surface area contributed by atoms with Crippen LogP contribution in [0, 0.1) is 5.41 Å². The van der Waals surface area contributed by atoms with Crippen LogP contribution in [0.4, 0.5) is 9.59 Å². The number of nitrogens with one attached hydrogen (secondary N) is 2. The van der Waals surface area contributed by atoms with E-state index in [4.69, 9.17) is 0 Å². The van der Waals surface area contributed by atoms with Crippen LogP contribution in [0.15, 0.2) is 0 Å². The van der Waals surface area contributed by atoms with Gasteiger partial charge in [-0.05, 0) is 13.8 Å². The predicted molar refractivity (Wildman–Crippen MR) is 86.0 cm³/mol. The van der Waals surface area contributed by atoms with Gasteiger partial charge in [0.1, 0.15) is 0 Å². The molecule has 2 heterocycles. The molecule has 1 spiro atoms. The lowest BCUT2D eigenvalue weighted by Crippen LogP contribution is -2.49. The highest BCUT2D eigenvalue weighted by atomic mass is 16.2. The van der Waals surface area contributed by atoms with Crippen molar-refractivity contribution in [3.05, 3.63) is 0 Å². The molecule has 2 rings (SSSR count). The summed E-state index contributed by atoms with van der Waals surface area (Å²) < 4.78 is 0. The van der Waals surface area contributed by atoms with Crippen LogP contribution in [0.25, 0.3) is 0 Å². The highest BCUT2D eigenvalue weighted by molar-refractivity contribution is 5.80. The molecule has 0 bridgehead atoms. The summed E-state index contributed by atoms with van der Waals surface area (Å²) in [5.41, 5.74) is -0.409. The van der Waals surface area contributed by atoms with Crippen molar-refractivity contribution in [3.8, 4) is 0 Å². The fraction of sp³-hybridized carbons (Fsp3) is 0.800. The molecule has 5 amide bonds. The van der Waals surface area contributed by atoms with E-state index in [0.29, 0.717) is 39.1 Å². The second kappa shape index (κ2) is 6.64. The molecular formula is C15H27N5O3. The van der Waals surface area contributed by atoms with E-state index in [0.717, 1.165) is 0 Å². The third kappa shape index (κ3) is 4.05. The Hall–Kier alpha value is -1.99. The van der Waals surface area contributed by atoms with Gasteiger partial charge in [0.15, 0.2) is 0 Å². The van der Waals surface area contributed by atoms with Crippen LogP contribution >= 0.6 is 0 Å². The summed E-state index contributed by atoms with van der Waals surface area (Å²) in [5.74, 6) is -0.0200. The number of hydrogen-bond acceptors (Lipinski definition) is 3. The van der Waals surface area contributed by atoms with Crippen molar-refractivity contribution in [1.82, 2.24) is 25.3 Å². The first kappa shape index (κ1) is 17.4. The minimum atomic E-state index is -0.409. The third-order valence-corrected chi connectivity index (χ3v) is 4.24. The number of amides is 5. The lowest BCUT2D eigenvalue weighted by Gasteiger charge is -2.33. The number of carbonyl (C=O) groups is 3. The summed E-state index contributed by atoms with van der Waals surface area (Å²) in [5, 5.41) is 5.74. The Balaban J connectivity index is 2.19. The van der Waals surface area contributed by atoms with Crippen LogP contribution < -0.4 is 10.6 Å². The summed E-state index contributed by atoms with van der Waals surface area (Å²) >= 11 is 0. The van der Waals surface area contributed by atoms with Crippen molar-refractivity contribution in [1.29, 1.82) is 0 Å². The quantitative estimate of drug-likeness (QED) is 0.706. The number of rotatable bonds is 1. The van der Waals surface area contributed by atoms with Crippen molar-refractivity contribution in [3.63, 3.8) is 0 Å². The van der Waals surface area contributed by atoms with Crippen molar-refractivity contribution < 1.29 is 14.4 Å². The minimum absolute atomic E-state index is 0.0200. The SMILES string of the molecule is CC(C)NC(=O)N1CCN(C(=O)N(C)C)CC2(CNC(=O)C2)C1. The van der Waals surface area contributed by atoms with Gasteiger partial charge in [0.2, 0.25) is 5.91 Å². The van der Waals surface area contributed by atoms with Gasteiger partial charge < -0.3 is 25.3 Å². The van der Waals surface area contributed by atoms with E-state index >= 15 is 0 Å². The Bertz CT molecular complexity index is 494. The van der Waals surface area contributed by atoms with Crippen molar-refractivity contribution in [2.75, 3.05) is 46.8 Å². The van der Waals surface area contributed by atoms with E-state index in [-0.39, 0.29) is 24.0 Å². The van der Waals surface area contributed by atoms with E-state index in [9.17, 15) is 14.4 Å². The van der Waals surface area contributed by atoms with E-state index in [1.54, 1.807) is 23.9 Å². The number of carbonyl (C=O) groups excluding carboxylic acids is 3. The maximum atomic E-state index is 12.4. The normalized spacial score (nSPS) is 24.7. The van der Waals surface area contributed by atoms with Crippen LogP contribution in [-0.2, 0) is 4.79 Å². The summed E-state index contributed by atoms with van der Waals surface area (Å²) in [6, 6.07) is -0.183. The van der Waals surface area contributed by atoms with Gasteiger partial charge in [-0.2, -0.15) is 0 Å². The lowest BCUT2D eigenvalue weighted by molar-refractivity contribution is -0.119. The maximum absolute atomic E-state index is 12.4. The molecule has 0 aromatic heterocycles. The first-order valence-electron chi connectivity index (χ1n) is 8.01. The van der Waals surface area contributed by atoms with Gasteiger partial charge in [-0.15, -0.1) is 0 Å². The molecule has 8 nitrogen and oxygen atoms in total. The largest absolute Gasteiger partial charge is 0.355 e. The first-order chi connectivity index (χ1) is 10.7. The monoisotopic (exact) mass is 325 g/mol. The molecule has 1 atom stereocenters. The van der Waals surface area contributed by atoms with Crippen molar-refractivity contribution in [2.24, 2.45) is 5.41 Å². The summed E-state index contributed by atoms with van der Waals surface area (Å²) in [4.78, 5) is 41.5. The zero-order chi connectivity index (χ0) is 17.2. The average Bonchev–Trinajstić information content (AvgIpc) is 2.69. The van der Waals surface area contributed by atoms with Gasteiger partial charge >= 0.3 is 12.1 Å². The summed E-state index contributed by atoms with van der Waals surface area (Å²) in [7, 11) is 3.42. The molecule has 0 aromatic carbocycles. The smallest absolute Gasteiger partial charge is 0.319 e. The molecule has 130 valence electrons. The van der Waals surface area contributed by atoms with Gasteiger partial charge in [-0.3, -0.25) is 4.79 Å². The molecule has 2 aliphatic rings. The second-order valence-electron chi connectivity index (χ2n) is 7.08. The third-order valence-electron chi connectivity index (χ3n) is 4.24. The molecule has 0 aliphatic carbocycles. The van der Waals surface area contributed by atoms with E-state index in [2.05, 4.69) is 10.6 Å². The van der Waals surface area contributed by atoms with E-state index < -0.39 is 5.41 Å². The Morgan fingerprint density at radius 1 is 1.22 bits per heavy atom. The summed E-state index contributed by atoms with van der Waals surface area (Å²) in [6.45, 7) is 6.21.